The van der Waals surface area contributed by atoms with Gasteiger partial charge in [-0.1, -0.05) is 73.5 Å². The van der Waals surface area contributed by atoms with Crippen LogP contribution in [0.15, 0.2) is 267 Å². The lowest BCUT2D eigenvalue weighted by atomic mass is 9.40. The monoisotopic (exact) mass is 850 g/mol. The third-order valence-electron chi connectivity index (χ3n) is 12.6. The Morgan fingerprint density at radius 3 is 1.43 bits per heavy atom. The van der Waals surface area contributed by atoms with Crippen LogP contribution in [0.4, 0.5) is 0 Å². The SMILES string of the molecule is C=C=C=C=C=C=C=C=C=C=C=C=C=C=C=C1C(=C=C=C=C=C=C=C=C=C=C=C=C=C=C)C2C3C(=C=C=C=C=C=C)C(=C=C=C=C=C)C4=CC(=O)CC(C)C4(C)C3CC(C)C2(C)C12CCC(=O)O2. The van der Waals surface area contributed by atoms with Crippen molar-refractivity contribution in [3.8, 4) is 0 Å². The third-order valence-corrected chi connectivity index (χ3v) is 12.6. The van der Waals surface area contributed by atoms with Gasteiger partial charge < -0.3 is 4.74 Å². The second-order valence-corrected chi connectivity index (χ2v) is 15.5. The molecule has 0 amide bonds. The third kappa shape index (κ3) is 10.3. The lowest BCUT2D eigenvalue weighted by Crippen LogP contribution is -2.60. The first-order valence-corrected chi connectivity index (χ1v) is 20.6. The molecule has 1 heterocycles. The highest BCUT2D eigenvalue weighted by molar-refractivity contribution is 5.93. The van der Waals surface area contributed by atoms with E-state index in [-0.39, 0.29) is 41.8 Å². The molecule has 5 aliphatic rings. The number of allylic oxidation sites excluding steroid dienone is 3. The Hall–Kier alpha value is -10.1. The van der Waals surface area contributed by atoms with Gasteiger partial charge in [0.25, 0.3) is 0 Å². The van der Waals surface area contributed by atoms with Gasteiger partial charge in [0.2, 0.25) is 0 Å². The number of esters is 1. The summed E-state index contributed by atoms with van der Waals surface area (Å²) in [5.41, 5.74) is 99.5. The summed E-state index contributed by atoms with van der Waals surface area (Å²) in [6.07, 6.45) is 3.30. The molecule has 1 aliphatic heterocycles. The van der Waals surface area contributed by atoms with Gasteiger partial charge in [-0.2, -0.15) is 0 Å². The second-order valence-electron chi connectivity index (χ2n) is 15.5. The fourth-order valence-corrected chi connectivity index (χ4v) is 9.72. The minimum absolute atomic E-state index is 0.00920. The summed E-state index contributed by atoms with van der Waals surface area (Å²) in [4.78, 5) is 26.9. The Morgan fingerprint density at radius 1 is 0.537 bits per heavy atom. The summed E-state index contributed by atoms with van der Waals surface area (Å²) in [5, 5.41) is 0. The summed E-state index contributed by atoms with van der Waals surface area (Å²) in [6.45, 7) is 22.7. The molecule has 308 valence electrons. The summed E-state index contributed by atoms with van der Waals surface area (Å²) in [5.74, 6) is -1.40. The van der Waals surface area contributed by atoms with Crippen LogP contribution in [0, 0.1) is 40.4 Å². The van der Waals surface area contributed by atoms with Gasteiger partial charge >= 0.3 is 5.97 Å². The first-order valence-electron chi connectivity index (χ1n) is 20.6. The van der Waals surface area contributed by atoms with Crippen molar-refractivity contribution in [2.45, 2.75) is 59.0 Å². The highest BCUT2D eigenvalue weighted by Gasteiger charge is 2.75. The van der Waals surface area contributed by atoms with Crippen LogP contribution in [0.25, 0.3) is 0 Å². The molecule has 1 saturated heterocycles. The maximum atomic E-state index is 13.5. The molecule has 0 N–H and O–H groups in total. The van der Waals surface area contributed by atoms with E-state index in [0.29, 0.717) is 41.6 Å². The number of rotatable bonds is 0. The Balaban J connectivity index is 2.08. The maximum absolute atomic E-state index is 13.5. The van der Waals surface area contributed by atoms with Crippen LogP contribution in [-0.2, 0) is 14.3 Å². The first-order chi connectivity index (χ1) is 32.6. The molecule has 8 atom stereocenters. The zero-order valence-corrected chi connectivity index (χ0v) is 37.3. The van der Waals surface area contributed by atoms with E-state index >= 15 is 0 Å². The number of fused-ring (bicyclic) bond motifs is 6. The average molecular weight is 851 g/mol. The molecule has 0 bridgehead atoms. The van der Waals surface area contributed by atoms with Crippen molar-refractivity contribution < 1.29 is 14.3 Å². The molecule has 3 heteroatoms. The van der Waals surface area contributed by atoms with E-state index in [0.717, 1.165) is 5.57 Å². The molecule has 5 rings (SSSR count). The van der Waals surface area contributed by atoms with Crippen LogP contribution in [0.5, 0.6) is 0 Å². The fourth-order valence-electron chi connectivity index (χ4n) is 9.72. The topological polar surface area (TPSA) is 43.4 Å². The van der Waals surface area contributed by atoms with Crippen molar-refractivity contribution in [2.24, 2.45) is 40.4 Å². The summed E-state index contributed by atoms with van der Waals surface area (Å²) < 4.78 is 6.58. The van der Waals surface area contributed by atoms with Crippen LogP contribution >= 0.6 is 0 Å². The predicted molar refractivity (Wildman–Crippen MR) is 248 cm³/mol. The van der Waals surface area contributed by atoms with Gasteiger partial charge in [-0.15, -0.1) is 0 Å². The molecule has 4 aliphatic carbocycles. The molecule has 4 fully saturated rings. The highest BCUT2D eigenvalue weighted by atomic mass is 16.6. The van der Waals surface area contributed by atoms with Gasteiger partial charge in [-0.05, 0) is 223 Å². The normalized spacial score (nSPS) is 24.8. The molecule has 0 aromatic rings. The van der Waals surface area contributed by atoms with E-state index in [9.17, 15) is 9.59 Å². The van der Waals surface area contributed by atoms with Gasteiger partial charge in [0.15, 0.2) is 11.4 Å². The molecule has 8 unspecified atom stereocenters. The number of carbonyl (C=O) groups is 2. The fraction of sp³-hybridized carbons (Fsp3) is 0.250. The van der Waals surface area contributed by atoms with Gasteiger partial charge in [-0.25, -0.2) is 0 Å². The van der Waals surface area contributed by atoms with Crippen LogP contribution < -0.4 is 0 Å². The van der Waals surface area contributed by atoms with Crippen molar-refractivity contribution in [1.29, 1.82) is 0 Å². The molecule has 67 heavy (non-hydrogen) atoms. The predicted octanol–water partition coefficient (Wildman–Crippen LogP) is 11.3. The Bertz CT molecular complexity index is 3910. The lowest BCUT2D eigenvalue weighted by molar-refractivity contribution is -0.169. The minimum atomic E-state index is -1.19. The largest absolute Gasteiger partial charge is 0.453 e. The Kier molecular flexibility index (Phi) is 16.4. The zero-order chi connectivity index (χ0) is 48.1. The highest BCUT2D eigenvalue weighted by Crippen LogP contribution is 2.75. The lowest BCUT2D eigenvalue weighted by Gasteiger charge is -2.62. The number of hydrogen-bond donors (Lipinski definition) is 0. The smallest absolute Gasteiger partial charge is 0.306 e. The molecule has 1 spiro atoms. The van der Waals surface area contributed by atoms with Gasteiger partial charge in [-0.3, -0.25) is 9.59 Å². The molecule has 3 saturated carbocycles. The minimum Gasteiger partial charge on any atom is -0.453 e. The molecule has 3 nitrogen and oxygen atoms in total. The van der Waals surface area contributed by atoms with E-state index < -0.39 is 22.3 Å². The van der Waals surface area contributed by atoms with Crippen LogP contribution in [0.3, 0.4) is 0 Å². The Morgan fingerprint density at radius 2 is 0.955 bits per heavy atom. The van der Waals surface area contributed by atoms with Crippen molar-refractivity contribution in [2.75, 3.05) is 0 Å². The summed E-state index contributed by atoms with van der Waals surface area (Å²) >= 11 is 0. The van der Waals surface area contributed by atoms with E-state index in [2.05, 4.69) is 260 Å². The van der Waals surface area contributed by atoms with E-state index in [1.54, 1.807) is 6.08 Å². The number of carbonyl (C=O) groups excluding carboxylic acids is 2. The number of hydrogen-bond acceptors (Lipinski definition) is 3. The quantitative estimate of drug-likeness (QED) is 0.180. The van der Waals surface area contributed by atoms with Crippen molar-refractivity contribution >= 4 is 11.8 Å². The van der Waals surface area contributed by atoms with Crippen molar-refractivity contribution in [1.82, 2.24) is 0 Å². The molecular formula is C64H34O3. The number of ether oxygens (including phenoxy) is 1. The molecule has 0 aromatic heterocycles. The van der Waals surface area contributed by atoms with Gasteiger partial charge in [0.05, 0.1) is 5.57 Å². The standard InChI is InChI=1S/C64H34O3/c1-9-13-17-20-22-24-26-28-30-32-34-36-40-44-56-55(43-39-35-33-31-29-27-25-23-21-18-14-10-2)61-60-54(42-38-19-15-11-3)53(41-37-16-12-4)57-49-52(65)47-50(5)62(57,7)58(60)48-51(6)63(61,8)64(56)46-45-59(66)67-64/h49-51,58,60-61H,1-4,45-48H2,5-8H3. The maximum Gasteiger partial charge on any atom is 0.306 e. The average Bonchev–Trinajstić information content (AvgIpc) is 3.80. The zero-order valence-electron chi connectivity index (χ0n) is 37.3. The summed E-state index contributed by atoms with van der Waals surface area (Å²) in [6, 6.07) is 0. The van der Waals surface area contributed by atoms with Gasteiger partial charge in [0, 0.05) is 58.6 Å². The summed E-state index contributed by atoms with van der Waals surface area (Å²) in [7, 11) is 0. The van der Waals surface area contributed by atoms with E-state index in [1.165, 1.54) is 0 Å². The van der Waals surface area contributed by atoms with E-state index in [4.69, 9.17) is 4.74 Å². The van der Waals surface area contributed by atoms with Crippen LogP contribution in [0.2, 0.25) is 0 Å². The molecule has 0 aromatic carbocycles. The van der Waals surface area contributed by atoms with E-state index in [1.807, 2.05) is 0 Å². The van der Waals surface area contributed by atoms with Crippen LogP contribution in [0.1, 0.15) is 53.4 Å². The van der Waals surface area contributed by atoms with Crippen molar-refractivity contribution in [3.05, 3.63) is 267 Å². The van der Waals surface area contributed by atoms with Crippen molar-refractivity contribution in [3.63, 3.8) is 0 Å². The number of ketones is 1. The van der Waals surface area contributed by atoms with Crippen LogP contribution in [-0.4, -0.2) is 17.4 Å². The first kappa shape index (κ1) is 48.0. The van der Waals surface area contributed by atoms with Gasteiger partial charge in [0.1, 0.15) is 0 Å². The molecule has 0 radical (unpaired) electrons. The Labute approximate surface area is 390 Å². The second kappa shape index (κ2) is 22.8. The molecular weight excluding hydrogens is 817 g/mol.